The van der Waals surface area contributed by atoms with Gasteiger partial charge >= 0.3 is 5.97 Å². The number of aromatic nitrogens is 1. The Morgan fingerprint density at radius 3 is 2.86 bits per heavy atom. The normalized spacial score (nSPS) is 18.6. The number of fused-ring (bicyclic) bond motifs is 1. The quantitative estimate of drug-likeness (QED) is 0.855. The van der Waals surface area contributed by atoms with E-state index in [-0.39, 0.29) is 18.1 Å². The molecule has 7 heteroatoms. The van der Waals surface area contributed by atoms with E-state index in [0.29, 0.717) is 34.8 Å². The highest BCUT2D eigenvalue weighted by molar-refractivity contribution is 9.10. The van der Waals surface area contributed by atoms with Gasteiger partial charge in [0.2, 0.25) is 0 Å². The van der Waals surface area contributed by atoms with Crippen LogP contribution < -0.4 is 0 Å². The van der Waals surface area contributed by atoms with Gasteiger partial charge in [-0.1, -0.05) is 15.9 Å². The number of likely N-dealkylation sites (tertiary alicyclic amines) is 1. The molecule has 1 aromatic heterocycles. The van der Waals surface area contributed by atoms with Crippen LogP contribution in [0, 0.1) is 11.7 Å². The van der Waals surface area contributed by atoms with Gasteiger partial charge in [0.1, 0.15) is 11.5 Å². The maximum Gasteiger partial charge on any atom is 0.308 e. The van der Waals surface area contributed by atoms with Crippen molar-refractivity contribution >= 4 is 38.7 Å². The fourth-order valence-corrected chi connectivity index (χ4v) is 3.24. The molecule has 1 amide bonds. The first-order chi connectivity index (χ1) is 10.5. The summed E-state index contributed by atoms with van der Waals surface area (Å²) in [5.74, 6) is -2.13. The van der Waals surface area contributed by atoms with Gasteiger partial charge in [-0.15, -0.1) is 0 Å². The summed E-state index contributed by atoms with van der Waals surface area (Å²) in [7, 11) is 0. The fourth-order valence-electron chi connectivity index (χ4n) is 2.81. The van der Waals surface area contributed by atoms with Crippen LogP contribution in [0.25, 0.3) is 10.9 Å². The summed E-state index contributed by atoms with van der Waals surface area (Å²) in [5.41, 5.74) is 0.806. The van der Waals surface area contributed by atoms with Gasteiger partial charge in [0.25, 0.3) is 5.91 Å². The lowest BCUT2D eigenvalue weighted by molar-refractivity contribution is -0.143. The van der Waals surface area contributed by atoms with Crippen molar-refractivity contribution in [1.82, 2.24) is 9.88 Å². The standard InChI is InChI=1S/C15H14BrFN2O3/c16-9-4-11(17)10-6-13(18-12(10)5-9)14(20)19-3-1-2-8(7-19)15(21)22/h4-6,8,18H,1-3,7H2,(H,21,22)/t8-/m0/s1. The first kappa shape index (κ1) is 15.0. The van der Waals surface area contributed by atoms with Gasteiger partial charge in [0, 0.05) is 22.9 Å². The molecule has 0 saturated carbocycles. The first-order valence-electron chi connectivity index (χ1n) is 6.95. The van der Waals surface area contributed by atoms with E-state index in [2.05, 4.69) is 20.9 Å². The van der Waals surface area contributed by atoms with Gasteiger partial charge in [0.05, 0.1) is 11.4 Å². The highest BCUT2D eigenvalue weighted by atomic mass is 79.9. The number of benzene rings is 1. The molecule has 116 valence electrons. The molecule has 1 atom stereocenters. The van der Waals surface area contributed by atoms with Crippen molar-refractivity contribution in [3.63, 3.8) is 0 Å². The van der Waals surface area contributed by atoms with E-state index >= 15 is 0 Å². The Kier molecular flexibility index (Phi) is 3.90. The molecule has 1 aromatic carbocycles. The molecule has 2 aromatic rings. The van der Waals surface area contributed by atoms with Crippen molar-refractivity contribution < 1.29 is 19.1 Å². The second kappa shape index (κ2) is 5.72. The lowest BCUT2D eigenvalue weighted by atomic mass is 9.98. The molecular formula is C15H14BrFN2O3. The SMILES string of the molecule is O=C(O)[C@H]1CCCN(C(=O)c2cc3c(F)cc(Br)cc3[nH]2)C1. The largest absolute Gasteiger partial charge is 0.481 e. The van der Waals surface area contributed by atoms with E-state index in [1.807, 2.05) is 0 Å². The number of nitrogens with one attached hydrogen (secondary N) is 1. The molecule has 0 radical (unpaired) electrons. The van der Waals surface area contributed by atoms with Gasteiger partial charge in [0.15, 0.2) is 0 Å². The average molecular weight is 369 g/mol. The van der Waals surface area contributed by atoms with Gasteiger partial charge in [-0.3, -0.25) is 9.59 Å². The number of nitrogens with zero attached hydrogens (tertiary/aromatic N) is 1. The predicted molar refractivity (Wildman–Crippen MR) is 82.2 cm³/mol. The van der Waals surface area contributed by atoms with Crippen molar-refractivity contribution in [3.8, 4) is 0 Å². The number of carboxylic acids is 1. The van der Waals surface area contributed by atoms with Crippen LogP contribution in [-0.2, 0) is 4.79 Å². The van der Waals surface area contributed by atoms with Gasteiger partial charge < -0.3 is 15.0 Å². The minimum absolute atomic E-state index is 0.190. The molecular weight excluding hydrogens is 355 g/mol. The molecule has 0 aliphatic carbocycles. The second-order valence-electron chi connectivity index (χ2n) is 5.46. The molecule has 1 saturated heterocycles. The lowest BCUT2D eigenvalue weighted by Crippen LogP contribution is -2.42. The lowest BCUT2D eigenvalue weighted by Gasteiger charge is -2.30. The van der Waals surface area contributed by atoms with Crippen molar-refractivity contribution in [3.05, 3.63) is 34.2 Å². The Balaban J connectivity index is 1.89. The smallest absolute Gasteiger partial charge is 0.308 e. The Hall–Kier alpha value is -1.89. The highest BCUT2D eigenvalue weighted by Crippen LogP contribution is 2.25. The number of carbonyl (C=O) groups excluding carboxylic acids is 1. The molecule has 0 bridgehead atoms. The zero-order chi connectivity index (χ0) is 15.9. The summed E-state index contributed by atoms with van der Waals surface area (Å²) in [4.78, 5) is 28.0. The maximum atomic E-state index is 13.9. The number of amides is 1. The third kappa shape index (κ3) is 2.72. The molecule has 1 fully saturated rings. The number of hydrogen-bond donors (Lipinski definition) is 2. The summed E-state index contributed by atoms with van der Waals surface area (Å²) < 4.78 is 14.5. The maximum absolute atomic E-state index is 13.9. The third-order valence-corrected chi connectivity index (χ3v) is 4.40. The Labute approximate surface area is 134 Å². The second-order valence-corrected chi connectivity index (χ2v) is 6.38. The number of piperidine rings is 1. The Morgan fingerprint density at radius 2 is 2.14 bits per heavy atom. The Bertz CT molecular complexity index is 759. The molecule has 1 aliphatic rings. The van der Waals surface area contributed by atoms with Crippen molar-refractivity contribution in [2.24, 2.45) is 5.92 Å². The van der Waals surface area contributed by atoms with Gasteiger partial charge in [-0.05, 0) is 31.0 Å². The molecule has 2 N–H and O–H groups in total. The van der Waals surface area contributed by atoms with Crippen molar-refractivity contribution in [1.29, 1.82) is 0 Å². The van der Waals surface area contributed by atoms with Crippen LogP contribution in [0.2, 0.25) is 0 Å². The average Bonchev–Trinajstić information content (AvgIpc) is 2.90. The van der Waals surface area contributed by atoms with Gasteiger partial charge in [-0.2, -0.15) is 0 Å². The minimum atomic E-state index is -0.885. The van der Waals surface area contributed by atoms with E-state index in [4.69, 9.17) is 5.11 Å². The van der Waals surface area contributed by atoms with Gasteiger partial charge in [-0.25, -0.2) is 4.39 Å². The number of aromatic amines is 1. The number of H-pyrrole nitrogens is 1. The number of rotatable bonds is 2. The van der Waals surface area contributed by atoms with E-state index in [1.54, 1.807) is 6.07 Å². The minimum Gasteiger partial charge on any atom is -0.481 e. The number of carboxylic acid groups (broad SMARTS) is 1. The number of halogens is 2. The zero-order valence-corrected chi connectivity index (χ0v) is 13.2. The molecule has 0 spiro atoms. The fraction of sp³-hybridized carbons (Fsp3) is 0.333. The van der Waals surface area contributed by atoms with Crippen LogP contribution in [0.4, 0.5) is 4.39 Å². The van der Waals surface area contributed by atoms with E-state index in [1.165, 1.54) is 17.0 Å². The molecule has 2 heterocycles. The van der Waals surface area contributed by atoms with Crippen molar-refractivity contribution in [2.45, 2.75) is 12.8 Å². The molecule has 3 rings (SSSR count). The monoisotopic (exact) mass is 368 g/mol. The third-order valence-electron chi connectivity index (χ3n) is 3.94. The van der Waals surface area contributed by atoms with E-state index < -0.39 is 17.7 Å². The Morgan fingerprint density at radius 1 is 1.36 bits per heavy atom. The number of aliphatic carboxylic acids is 1. The van der Waals surface area contributed by atoms with Crippen LogP contribution in [0.15, 0.2) is 22.7 Å². The topological polar surface area (TPSA) is 73.4 Å². The van der Waals surface area contributed by atoms with Crippen LogP contribution in [0.3, 0.4) is 0 Å². The van der Waals surface area contributed by atoms with E-state index in [0.717, 1.165) is 0 Å². The number of hydrogen-bond acceptors (Lipinski definition) is 2. The summed E-state index contributed by atoms with van der Waals surface area (Å²) in [6.07, 6.45) is 1.23. The van der Waals surface area contributed by atoms with Crippen LogP contribution >= 0.6 is 15.9 Å². The zero-order valence-electron chi connectivity index (χ0n) is 11.6. The van der Waals surface area contributed by atoms with Crippen LogP contribution in [0.5, 0.6) is 0 Å². The van der Waals surface area contributed by atoms with Crippen molar-refractivity contribution in [2.75, 3.05) is 13.1 Å². The molecule has 5 nitrogen and oxygen atoms in total. The first-order valence-corrected chi connectivity index (χ1v) is 7.75. The van der Waals surface area contributed by atoms with E-state index in [9.17, 15) is 14.0 Å². The summed E-state index contributed by atoms with van der Waals surface area (Å²) in [5, 5.41) is 9.43. The summed E-state index contributed by atoms with van der Waals surface area (Å²) in [6.45, 7) is 0.708. The highest BCUT2D eigenvalue weighted by Gasteiger charge is 2.29. The molecule has 1 aliphatic heterocycles. The predicted octanol–water partition coefficient (Wildman–Crippen LogP) is 3.01. The van der Waals surface area contributed by atoms with Crippen LogP contribution in [-0.4, -0.2) is 40.0 Å². The molecule has 0 unspecified atom stereocenters. The summed E-state index contributed by atoms with van der Waals surface area (Å²) >= 11 is 3.21. The summed E-state index contributed by atoms with van der Waals surface area (Å²) in [6, 6.07) is 4.51. The van der Waals surface area contributed by atoms with Crippen LogP contribution in [0.1, 0.15) is 23.3 Å². The number of carbonyl (C=O) groups is 2. The molecule has 22 heavy (non-hydrogen) atoms.